The number of hydrogen-bond acceptors (Lipinski definition) is 0. The fourth-order valence-electron chi connectivity index (χ4n) is 1.28. The Labute approximate surface area is 69.3 Å². The molecule has 1 radical (unpaired) electrons. The van der Waals surface area contributed by atoms with Gasteiger partial charge in [-0.05, 0) is 37.0 Å². The summed E-state index contributed by atoms with van der Waals surface area (Å²) in [6.07, 6.45) is 2.39. The topological polar surface area (TPSA) is 0 Å². The second-order valence-electron chi connectivity index (χ2n) is 2.95. The van der Waals surface area contributed by atoms with Crippen molar-refractivity contribution in [1.29, 1.82) is 0 Å². The Morgan fingerprint density at radius 2 is 2.09 bits per heavy atom. The highest BCUT2D eigenvalue weighted by Gasteiger charge is 1.97. The third-order valence-corrected chi connectivity index (χ3v) is 2.08. The SMILES string of the molecule is [CH2]c1cccc(CCC)c1C. The van der Waals surface area contributed by atoms with Gasteiger partial charge >= 0.3 is 0 Å². The van der Waals surface area contributed by atoms with Crippen LogP contribution in [0.4, 0.5) is 0 Å². The van der Waals surface area contributed by atoms with Gasteiger partial charge in [-0.15, -0.1) is 0 Å². The predicted octanol–water partition coefficient (Wildman–Crippen LogP) is 3.13. The molecule has 0 heterocycles. The zero-order chi connectivity index (χ0) is 8.27. The zero-order valence-electron chi connectivity index (χ0n) is 7.35. The molecule has 0 unspecified atom stereocenters. The fourth-order valence-corrected chi connectivity index (χ4v) is 1.28. The second-order valence-corrected chi connectivity index (χ2v) is 2.95. The Balaban J connectivity index is 2.96. The third-order valence-electron chi connectivity index (χ3n) is 2.08. The molecule has 0 heteroatoms. The van der Waals surface area contributed by atoms with E-state index in [2.05, 4.69) is 39.0 Å². The monoisotopic (exact) mass is 147 g/mol. The first kappa shape index (κ1) is 8.32. The number of benzene rings is 1. The first-order valence-electron chi connectivity index (χ1n) is 4.16. The minimum atomic E-state index is 1.16. The molecule has 0 aromatic heterocycles. The van der Waals surface area contributed by atoms with Crippen LogP contribution < -0.4 is 0 Å². The van der Waals surface area contributed by atoms with Crippen LogP contribution >= 0.6 is 0 Å². The van der Waals surface area contributed by atoms with Gasteiger partial charge in [0.2, 0.25) is 0 Å². The summed E-state index contributed by atoms with van der Waals surface area (Å²) in [7, 11) is 0. The lowest BCUT2D eigenvalue weighted by molar-refractivity contribution is 0.911. The highest BCUT2D eigenvalue weighted by Crippen LogP contribution is 2.13. The van der Waals surface area contributed by atoms with E-state index in [-0.39, 0.29) is 0 Å². The maximum atomic E-state index is 3.96. The molecule has 0 saturated carbocycles. The molecule has 0 nitrogen and oxygen atoms in total. The maximum Gasteiger partial charge on any atom is -0.0235 e. The molecule has 0 aliphatic heterocycles. The Bertz CT molecular complexity index is 236. The largest absolute Gasteiger partial charge is 0.0651 e. The lowest BCUT2D eigenvalue weighted by Crippen LogP contribution is -1.90. The van der Waals surface area contributed by atoms with Gasteiger partial charge in [0.1, 0.15) is 0 Å². The molecule has 0 spiro atoms. The van der Waals surface area contributed by atoms with Crippen molar-refractivity contribution in [3.05, 3.63) is 41.8 Å². The van der Waals surface area contributed by atoms with Gasteiger partial charge < -0.3 is 0 Å². The van der Waals surface area contributed by atoms with Gasteiger partial charge in [-0.2, -0.15) is 0 Å². The molecule has 0 saturated heterocycles. The Morgan fingerprint density at radius 3 is 2.73 bits per heavy atom. The molecule has 0 aliphatic carbocycles. The lowest BCUT2D eigenvalue weighted by atomic mass is 10.0. The smallest absolute Gasteiger partial charge is 0.0235 e. The van der Waals surface area contributed by atoms with Crippen molar-refractivity contribution in [2.75, 3.05) is 0 Å². The van der Waals surface area contributed by atoms with E-state index < -0.39 is 0 Å². The molecule has 1 rings (SSSR count). The van der Waals surface area contributed by atoms with Crippen LogP contribution in [0.1, 0.15) is 30.0 Å². The number of aryl methyl sites for hydroxylation is 1. The molecule has 59 valence electrons. The molecule has 0 atom stereocenters. The second kappa shape index (κ2) is 3.56. The summed E-state index contributed by atoms with van der Waals surface area (Å²) in [6.45, 7) is 8.31. The van der Waals surface area contributed by atoms with Gasteiger partial charge in [0.15, 0.2) is 0 Å². The van der Waals surface area contributed by atoms with E-state index in [0.717, 1.165) is 5.56 Å². The van der Waals surface area contributed by atoms with Crippen molar-refractivity contribution in [3.63, 3.8) is 0 Å². The van der Waals surface area contributed by atoms with Gasteiger partial charge in [0.25, 0.3) is 0 Å². The Kier molecular flexibility index (Phi) is 2.70. The molecule has 0 N–H and O–H groups in total. The highest BCUT2D eigenvalue weighted by molar-refractivity contribution is 5.35. The van der Waals surface area contributed by atoms with E-state index in [9.17, 15) is 0 Å². The molecular formula is C11H15. The van der Waals surface area contributed by atoms with E-state index in [0.29, 0.717) is 0 Å². The average molecular weight is 147 g/mol. The quantitative estimate of drug-likeness (QED) is 0.603. The summed E-state index contributed by atoms with van der Waals surface area (Å²) in [4.78, 5) is 0. The molecule has 1 aromatic carbocycles. The molecule has 0 bridgehead atoms. The van der Waals surface area contributed by atoms with Gasteiger partial charge in [0.05, 0.1) is 0 Å². The Hall–Kier alpha value is -0.780. The van der Waals surface area contributed by atoms with Crippen LogP contribution in [0.5, 0.6) is 0 Å². The maximum absolute atomic E-state index is 3.96. The van der Waals surface area contributed by atoms with Crippen molar-refractivity contribution >= 4 is 0 Å². The summed E-state index contributed by atoms with van der Waals surface area (Å²) < 4.78 is 0. The van der Waals surface area contributed by atoms with Crippen molar-refractivity contribution in [3.8, 4) is 0 Å². The van der Waals surface area contributed by atoms with E-state index >= 15 is 0 Å². The summed E-state index contributed by atoms with van der Waals surface area (Å²) in [5.74, 6) is 0. The van der Waals surface area contributed by atoms with Crippen molar-refractivity contribution in [2.45, 2.75) is 26.7 Å². The van der Waals surface area contributed by atoms with Crippen LogP contribution in [-0.4, -0.2) is 0 Å². The van der Waals surface area contributed by atoms with Crippen LogP contribution in [0, 0.1) is 13.8 Å². The van der Waals surface area contributed by atoms with E-state index in [1.807, 2.05) is 0 Å². The molecule has 11 heavy (non-hydrogen) atoms. The first-order chi connectivity index (χ1) is 5.25. The van der Waals surface area contributed by atoms with Gasteiger partial charge in [-0.3, -0.25) is 0 Å². The normalized spacial score (nSPS) is 10.1. The highest BCUT2D eigenvalue weighted by atomic mass is 14.0. The standard InChI is InChI=1S/C11H15/c1-4-6-11-8-5-7-9(2)10(11)3/h5,7-8H,2,4,6H2,1,3H3. The van der Waals surface area contributed by atoms with E-state index in [1.165, 1.54) is 24.0 Å². The minimum Gasteiger partial charge on any atom is -0.0651 e. The molecule has 0 aliphatic rings. The minimum absolute atomic E-state index is 1.16. The molecule has 0 amide bonds. The first-order valence-corrected chi connectivity index (χ1v) is 4.16. The van der Waals surface area contributed by atoms with Gasteiger partial charge in [-0.1, -0.05) is 31.5 Å². The zero-order valence-corrected chi connectivity index (χ0v) is 7.35. The summed E-state index contributed by atoms with van der Waals surface area (Å²) in [5, 5.41) is 0. The van der Waals surface area contributed by atoms with Crippen LogP contribution in [0.25, 0.3) is 0 Å². The predicted molar refractivity (Wildman–Crippen MR) is 49.6 cm³/mol. The van der Waals surface area contributed by atoms with Crippen molar-refractivity contribution in [2.24, 2.45) is 0 Å². The van der Waals surface area contributed by atoms with E-state index in [1.54, 1.807) is 0 Å². The van der Waals surface area contributed by atoms with E-state index in [4.69, 9.17) is 0 Å². The Morgan fingerprint density at radius 1 is 1.36 bits per heavy atom. The molecular weight excluding hydrogens is 132 g/mol. The molecule has 1 aromatic rings. The van der Waals surface area contributed by atoms with Crippen molar-refractivity contribution in [1.82, 2.24) is 0 Å². The number of rotatable bonds is 2. The van der Waals surface area contributed by atoms with Crippen LogP contribution in [0.3, 0.4) is 0 Å². The van der Waals surface area contributed by atoms with Gasteiger partial charge in [0, 0.05) is 0 Å². The lowest BCUT2D eigenvalue weighted by Gasteiger charge is -2.05. The fraction of sp³-hybridized carbons (Fsp3) is 0.364. The number of hydrogen-bond donors (Lipinski definition) is 0. The van der Waals surface area contributed by atoms with Crippen LogP contribution in [0.2, 0.25) is 0 Å². The van der Waals surface area contributed by atoms with Crippen molar-refractivity contribution < 1.29 is 0 Å². The molecule has 0 fully saturated rings. The van der Waals surface area contributed by atoms with Crippen LogP contribution in [-0.2, 0) is 6.42 Å². The van der Waals surface area contributed by atoms with Crippen LogP contribution in [0.15, 0.2) is 18.2 Å². The summed E-state index contributed by atoms with van der Waals surface area (Å²) >= 11 is 0. The summed E-state index contributed by atoms with van der Waals surface area (Å²) in [5.41, 5.74) is 3.96. The third kappa shape index (κ3) is 1.83. The summed E-state index contributed by atoms with van der Waals surface area (Å²) in [6, 6.07) is 6.34. The van der Waals surface area contributed by atoms with Gasteiger partial charge in [-0.25, -0.2) is 0 Å². The average Bonchev–Trinajstić information content (AvgIpc) is 1.99.